The van der Waals surface area contributed by atoms with E-state index in [9.17, 15) is 4.79 Å². The number of nitrogens with zero attached hydrogens (tertiary/aromatic N) is 1. The third kappa shape index (κ3) is 3.30. The zero-order valence-electron chi connectivity index (χ0n) is 11.3. The van der Waals surface area contributed by atoms with E-state index in [-0.39, 0.29) is 11.4 Å². The van der Waals surface area contributed by atoms with Gasteiger partial charge in [0.1, 0.15) is 5.82 Å². The maximum absolute atomic E-state index is 11.5. The molecule has 0 unspecified atom stereocenters. The lowest BCUT2D eigenvalue weighted by Gasteiger charge is -2.09. The molecule has 0 aliphatic heterocycles. The van der Waals surface area contributed by atoms with Gasteiger partial charge in [-0.05, 0) is 17.7 Å². The molecule has 0 atom stereocenters. The average Bonchev–Trinajstić information content (AvgIpc) is 2.46. The number of alkyl halides is 1. The van der Waals surface area contributed by atoms with Crippen LogP contribution in [0.15, 0.2) is 29.1 Å². The third-order valence-corrected chi connectivity index (χ3v) is 3.07. The topological polar surface area (TPSA) is 64.2 Å². The van der Waals surface area contributed by atoms with Gasteiger partial charge in [-0.25, -0.2) is 4.98 Å². The molecule has 2 aromatic rings. The summed E-state index contributed by atoms with van der Waals surface area (Å²) in [5, 5.41) is 0. The molecule has 0 saturated heterocycles. The van der Waals surface area contributed by atoms with Crippen molar-refractivity contribution in [2.45, 2.75) is 12.3 Å². The van der Waals surface area contributed by atoms with Crippen molar-refractivity contribution in [2.24, 2.45) is 0 Å². The van der Waals surface area contributed by atoms with E-state index in [1.807, 2.05) is 18.2 Å². The minimum absolute atomic E-state index is 0.203. The molecular weight excluding hydrogens is 280 g/mol. The molecule has 0 aliphatic rings. The summed E-state index contributed by atoms with van der Waals surface area (Å²) >= 11 is 5.71. The molecule has 1 aromatic carbocycles. The number of hydrogen-bond acceptors (Lipinski definition) is 4. The molecule has 0 radical (unpaired) electrons. The Bertz CT molecular complexity index is 655. The number of aromatic amines is 1. The van der Waals surface area contributed by atoms with Crippen molar-refractivity contribution in [3.63, 3.8) is 0 Å². The zero-order chi connectivity index (χ0) is 14.5. The Morgan fingerprint density at radius 3 is 2.60 bits per heavy atom. The maximum Gasteiger partial charge on any atom is 0.251 e. The van der Waals surface area contributed by atoms with Gasteiger partial charge in [0.15, 0.2) is 11.5 Å². The second kappa shape index (κ2) is 6.43. The normalized spacial score (nSPS) is 10.3. The predicted octanol–water partition coefficient (Wildman–Crippen LogP) is 2.12. The lowest BCUT2D eigenvalue weighted by molar-refractivity contribution is 0.354. The van der Waals surface area contributed by atoms with Gasteiger partial charge in [0, 0.05) is 12.5 Å². The number of rotatable bonds is 5. The van der Waals surface area contributed by atoms with Crippen LogP contribution in [0.4, 0.5) is 0 Å². The maximum atomic E-state index is 11.5. The van der Waals surface area contributed by atoms with Gasteiger partial charge in [0.2, 0.25) is 0 Å². The van der Waals surface area contributed by atoms with Gasteiger partial charge in [0.25, 0.3) is 5.56 Å². The smallest absolute Gasteiger partial charge is 0.251 e. The Balaban J connectivity index is 2.30. The summed E-state index contributed by atoms with van der Waals surface area (Å²) in [7, 11) is 3.16. The largest absolute Gasteiger partial charge is 0.493 e. The Hall–Kier alpha value is -2.01. The monoisotopic (exact) mass is 294 g/mol. The molecule has 5 nitrogen and oxygen atoms in total. The van der Waals surface area contributed by atoms with Gasteiger partial charge in [-0.15, -0.1) is 11.6 Å². The molecule has 0 bridgehead atoms. The van der Waals surface area contributed by atoms with Gasteiger partial charge in [-0.1, -0.05) is 6.07 Å². The van der Waals surface area contributed by atoms with Crippen molar-refractivity contribution >= 4 is 11.6 Å². The molecule has 0 aliphatic carbocycles. The Kier molecular flexibility index (Phi) is 4.63. The Labute approximate surface area is 121 Å². The molecule has 6 heteroatoms. The first-order valence-corrected chi connectivity index (χ1v) is 6.55. The van der Waals surface area contributed by atoms with E-state index in [4.69, 9.17) is 21.1 Å². The first-order chi connectivity index (χ1) is 9.66. The van der Waals surface area contributed by atoms with Crippen LogP contribution in [0.5, 0.6) is 11.5 Å². The molecule has 20 heavy (non-hydrogen) atoms. The zero-order valence-corrected chi connectivity index (χ0v) is 12.0. The average molecular weight is 295 g/mol. The fraction of sp³-hybridized carbons (Fsp3) is 0.286. The highest BCUT2D eigenvalue weighted by atomic mass is 35.5. The van der Waals surface area contributed by atoms with Crippen LogP contribution in [0.2, 0.25) is 0 Å². The summed E-state index contributed by atoms with van der Waals surface area (Å²) < 4.78 is 10.4. The van der Waals surface area contributed by atoms with Gasteiger partial charge < -0.3 is 14.5 Å². The summed E-state index contributed by atoms with van der Waals surface area (Å²) in [5.74, 6) is 2.08. The molecule has 106 valence electrons. The van der Waals surface area contributed by atoms with Crippen molar-refractivity contribution in [2.75, 3.05) is 14.2 Å². The fourth-order valence-electron chi connectivity index (χ4n) is 1.90. The Morgan fingerprint density at radius 1 is 1.20 bits per heavy atom. The first-order valence-electron chi connectivity index (χ1n) is 6.02. The Morgan fingerprint density at radius 2 is 1.95 bits per heavy atom. The van der Waals surface area contributed by atoms with E-state index >= 15 is 0 Å². The van der Waals surface area contributed by atoms with Crippen LogP contribution in [-0.4, -0.2) is 24.2 Å². The summed E-state index contributed by atoms with van der Waals surface area (Å²) in [5.41, 5.74) is 1.31. The lowest BCUT2D eigenvalue weighted by Crippen LogP contribution is -2.12. The molecule has 2 rings (SSSR count). The van der Waals surface area contributed by atoms with Gasteiger partial charge in [-0.3, -0.25) is 4.79 Å². The van der Waals surface area contributed by atoms with Gasteiger partial charge >= 0.3 is 0 Å². The summed E-state index contributed by atoms with van der Waals surface area (Å²) in [6.07, 6.45) is 0.486. The molecule has 0 saturated carbocycles. The van der Waals surface area contributed by atoms with Gasteiger partial charge in [0.05, 0.1) is 25.8 Å². The van der Waals surface area contributed by atoms with Crippen molar-refractivity contribution in [3.05, 3.63) is 51.7 Å². The molecule has 0 amide bonds. The number of ether oxygens (including phenoxy) is 2. The predicted molar refractivity (Wildman–Crippen MR) is 76.8 cm³/mol. The van der Waals surface area contributed by atoms with Crippen LogP contribution in [0.25, 0.3) is 0 Å². The van der Waals surface area contributed by atoms with Crippen molar-refractivity contribution in [3.8, 4) is 11.5 Å². The van der Waals surface area contributed by atoms with Crippen LogP contribution in [-0.2, 0) is 12.3 Å². The number of hydrogen-bond donors (Lipinski definition) is 1. The first kappa shape index (κ1) is 14.4. The lowest BCUT2D eigenvalue weighted by atomic mass is 10.1. The minimum atomic E-state index is -0.203. The van der Waals surface area contributed by atoms with E-state index in [0.29, 0.717) is 29.4 Å². The van der Waals surface area contributed by atoms with Crippen molar-refractivity contribution in [1.29, 1.82) is 0 Å². The summed E-state index contributed by atoms with van der Waals surface area (Å²) in [4.78, 5) is 18.5. The number of benzene rings is 1. The quantitative estimate of drug-likeness (QED) is 0.858. The number of halogens is 1. The van der Waals surface area contributed by atoms with Crippen LogP contribution >= 0.6 is 11.6 Å². The molecule has 1 heterocycles. The van der Waals surface area contributed by atoms with Crippen LogP contribution < -0.4 is 15.0 Å². The number of methoxy groups -OCH3 is 2. The van der Waals surface area contributed by atoms with E-state index < -0.39 is 0 Å². The second-order valence-corrected chi connectivity index (χ2v) is 4.45. The fourth-order valence-corrected chi connectivity index (χ4v) is 2.04. The molecule has 0 spiro atoms. The molecule has 1 N–H and O–H groups in total. The minimum Gasteiger partial charge on any atom is -0.493 e. The van der Waals surface area contributed by atoms with E-state index in [1.165, 1.54) is 6.07 Å². The van der Waals surface area contributed by atoms with Crippen LogP contribution in [0, 0.1) is 0 Å². The number of aromatic nitrogens is 2. The van der Waals surface area contributed by atoms with E-state index in [2.05, 4.69) is 9.97 Å². The highest BCUT2D eigenvalue weighted by Gasteiger charge is 2.07. The highest BCUT2D eigenvalue weighted by Crippen LogP contribution is 2.28. The summed E-state index contributed by atoms with van der Waals surface area (Å²) in [6, 6.07) is 6.96. The number of H-pyrrole nitrogens is 1. The van der Waals surface area contributed by atoms with Crippen LogP contribution in [0.1, 0.15) is 17.1 Å². The van der Waals surface area contributed by atoms with Crippen molar-refractivity contribution < 1.29 is 9.47 Å². The van der Waals surface area contributed by atoms with Crippen molar-refractivity contribution in [1.82, 2.24) is 9.97 Å². The SMILES string of the molecule is COc1ccc(Cc2nc(CCl)cc(=O)[nH]2)cc1OC. The molecular formula is C14H15ClN2O3. The summed E-state index contributed by atoms with van der Waals surface area (Å²) in [6.45, 7) is 0. The van der Waals surface area contributed by atoms with Crippen LogP contribution in [0.3, 0.4) is 0 Å². The second-order valence-electron chi connectivity index (χ2n) is 4.18. The standard InChI is InChI=1S/C14H15ClN2O3/c1-19-11-4-3-9(5-12(11)20-2)6-13-16-10(8-15)7-14(18)17-13/h3-5,7H,6,8H2,1-2H3,(H,16,17,18). The molecule has 0 fully saturated rings. The van der Waals surface area contributed by atoms with Gasteiger partial charge in [-0.2, -0.15) is 0 Å². The number of nitrogens with one attached hydrogen (secondary N) is 1. The molecule has 1 aromatic heterocycles. The third-order valence-electron chi connectivity index (χ3n) is 2.80. The highest BCUT2D eigenvalue weighted by molar-refractivity contribution is 6.16. The van der Waals surface area contributed by atoms with E-state index in [1.54, 1.807) is 14.2 Å². The van der Waals surface area contributed by atoms with E-state index in [0.717, 1.165) is 5.56 Å².